The number of benzene rings is 1. The second kappa shape index (κ2) is 6.26. The van der Waals surface area contributed by atoms with Crippen LogP contribution in [0, 0.1) is 5.92 Å². The third-order valence-electron chi connectivity index (χ3n) is 4.26. The highest BCUT2D eigenvalue weighted by Crippen LogP contribution is 2.38. The summed E-state index contributed by atoms with van der Waals surface area (Å²) in [5.41, 5.74) is -1.51. The van der Waals surface area contributed by atoms with Crippen LogP contribution in [0.3, 0.4) is 0 Å². The van der Waals surface area contributed by atoms with Gasteiger partial charge in [-0.2, -0.15) is 13.2 Å². The molecule has 23 heavy (non-hydrogen) atoms. The van der Waals surface area contributed by atoms with E-state index in [4.69, 9.17) is 4.74 Å². The molecule has 6 heteroatoms. The minimum Gasteiger partial charge on any atom is -0.512 e. The first-order valence-corrected chi connectivity index (χ1v) is 7.42. The molecule has 1 aliphatic rings. The van der Waals surface area contributed by atoms with Crippen molar-refractivity contribution in [2.45, 2.75) is 44.9 Å². The van der Waals surface area contributed by atoms with Crippen LogP contribution >= 0.6 is 0 Å². The number of rotatable bonds is 4. The van der Waals surface area contributed by atoms with Gasteiger partial charge in [-0.05, 0) is 30.4 Å². The molecule has 126 valence electrons. The number of aliphatic hydroxyl groups excluding tert-OH is 1. The van der Waals surface area contributed by atoms with Crippen LogP contribution < -0.4 is 0 Å². The molecule has 0 amide bonds. The molecule has 0 spiro atoms. The Labute approximate surface area is 132 Å². The number of ether oxygens (including phenoxy) is 1. The van der Waals surface area contributed by atoms with Crippen molar-refractivity contribution < 1.29 is 27.8 Å². The first kappa shape index (κ1) is 17.4. The zero-order valence-electron chi connectivity index (χ0n) is 13.0. The molecule has 1 atom stereocenters. The van der Waals surface area contributed by atoms with Crippen molar-refractivity contribution in [1.82, 2.24) is 0 Å². The Morgan fingerprint density at radius 2 is 1.96 bits per heavy atom. The Bertz CT molecular complexity index is 620. The molecular formula is C17H19F3O3. The van der Waals surface area contributed by atoms with Gasteiger partial charge >= 0.3 is 12.1 Å². The third-order valence-corrected chi connectivity index (χ3v) is 4.26. The molecule has 1 aliphatic heterocycles. The van der Waals surface area contributed by atoms with Gasteiger partial charge in [0.2, 0.25) is 0 Å². The Kier molecular flexibility index (Phi) is 4.73. The van der Waals surface area contributed by atoms with Crippen LogP contribution in [0.1, 0.15) is 37.8 Å². The van der Waals surface area contributed by atoms with Gasteiger partial charge < -0.3 is 9.84 Å². The van der Waals surface area contributed by atoms with Crippen molar-refractivity contribution >= 4 is 5.97 Å². The third kappa shape index (κ3) is 3.86. The fraction of sp³-hybridized carbons (Fsp3) is 0.471. The number of alkyl halides is 3. The largest absolute Gasteiger partial charge is 0.512 e. The minimum atomic E-state index is -4.42. The first-order chi connectivity index (χ1) is 10.6. The molecule has 0 aromatic heterocycles. The summed E-state index contributed by atoms with van der Waals surface area (Å²) in [7, 11) is 0. The summed E-state index contributed by atoms with van der Waals surface area (Å²) in [6.45, 7) is 3.64. The minimum absolute atomic E-state index is 0.0981. The second-order valence-corrected chi connectivity index (χ2v) is 6.11. The number of aliphatic hydroxyl groups is 1. The van der Waals surface area contributed by atoms with E-state index in [-0.39, 0.29) is 36.5 Å². The second-order valence-electron chi connectivity index (χ2n) is 6.11. The number of aryl methyl sites for hydroxylation is 1. The van der Waals surface area contributed by atoms with Crippen molar-refractivity contribution in [3.8, 4) is 0 Å². The molecule has 0 bridgehead atoms. The topological polar surface area (TPSA) is 46.5 Å². The van der Waals surface area contributed by atoms with Gasteiger partial charge in [-0.25, -0.2) is 4.79 Å². The van der Waals surface area contributed by atoms with Crippen LogP contribution in [-0.2, 0) is 22.1 Å². The van der Waals surface area contributed by atoms with E-state index < -0.39 is 23.3 Å². The molecule has 0 saturated heterocycles. The number of hydrogen-bond donors (Lipinski definition) is 1. The maximum atomic E-state index is 13.1. The predicted octanol–water partition coefficient (Wildman–Crippen LogP) is 4.42. The van der Waals surface area contributed by atoms with E-state index in [1.807, 2.05) is 13.8 Å². The van der Waals surface area contributed by atoms with Gasteiger partial charge in [-0.1, -0.05) is 32.0 Å². The normalized spacial score (nSPS) is 22.0. The predicted molar refractivity (Wildman–Crippen MR) is 78.8 cm³/mol. The quantitative estimate of drug-likeness (QED) is 0.832. The summed E-state index contributed by atoms with van der Waals surface area (Å²) in [6, 6.07) is 5.37. The van der Waals surface area contributed by atoms with Crippen molar-refractivity contribution in [3.63, 3.8) is 0 Å². The van der Waals surface area contributed by atoms with Crippen LogP contribution in [0.2, 0.25) is 0 Å². The number of cyclic esters (lactones) is 1. The summed E-state index contributed by atoms with van der Waals surface area (Å²) in [5.74, 6) is -0.897. The lowest BCUT2D eigenvalue weighted by Gasteiger charge is -2.39. The first-order valence-electron chi connectivity index (χ1n) is 7.42. The van der Waals surface area contributed by atoms with Crippen LogP contribution in [0.15, 0.2) is 36.1 Å². The number of esters is 1. The molecule has 0 aliphatic carbocycles. The van der Waals surface area contributed by atoms with E-state index >= 15 is 0 Å². The molecule has 0 fully saturated rings. The van der Waals surface area contributed by atoms with Crippen LogP contribution in [0.4, 0.5) is 13.2 Å². The molecule has 2 rings (SSSR count). The maximum Gasteiger partial charge on any atom is 0.416 e. The van der Waals surface area contributed by atoms with E-state index in [0.717, 1.165) is 12.1 Å². The lowest BCUT2D eigenvalue weighted by atomic mass is 9.79. The van der Waals surface area contributed by atoms with Gasteiger partial charge in [0.05, 0.1) is 11.6 Å². The highest BCUT2D eigenvalue weighted by molar-refractivity contribution is 5.83. The molecule has 1 aromatic rings. The summed E-state index contributed by atoms with van der Waals surface area (Å²) in [4.78, 5) is 11.6. The monoisotopic (exact) mass is 328 g/mol. The molecule has 0 saturated carbocycles. The fourth-order valence-corrected chi connectivity index (χ4v) is 2.87. The van der Waals surface area contributed by atoms with Crippen molar-refractivity contribution in [2.24, 2.45) is 5.92 Å². The van der Waals surface area contributed by atoms with Gasteiger partial charge in [0, 0.05) is 6.42 Å². The van der Waals surface area contributed by atoms with Gasteiger partial charge in [-0.3, -0.25) is 0 Å². The van der Waals surface area contributed by atoms with E-state index in [2.05, 4.69) is 0 Å². The molecule has 1 heterocycles. The smallest absolute Gasteiger partial charge is 0.416 e. The molecule has 3 nitrogen and oxygen atoms in total. The molecule has 0 radical (unpaired) electrons. The van der Waals surface area contributed by atoms with Gasteiger partial charge in [-0.15, -0.1) is 0 Å². The number of hydrogen-bond acceptors (Lipinski definition) is 3. The van der Waals surface area contributed by atoms with Crippen LogP contribution in [0.25, 0.3) is 0 Å². The zero-order valence-corrected chi connectivity index (χ0v) is 13.0. The maximum absolute atomic E-state index is 13.1. The SMILES string of the molecule is CC(C)C1(CCc2ccccc2C(F)(F)F)CC(O)=CC(=O)O1. The van der Waals surface area contributed by atoms with Crippen molar-refractivity contribution in [3.05, 3.63) is 47.2 Å². The summed E-state index contributed by atoms with van der Waals surface area (Å²) < 4.78 is 44.6. The van der Waals surface area contributed by atoms with Crippen LogP contribution in [-0.4, -0.2) is 16.7 Å². The Morgan fingerprint density at radius 1 is 1.30 bits per heavy atom. The molecular weight excluding hydrogens is 309 g/mol. The van der Waals surface area contributed by atoms with Gasteiger partial charge in [0.25, 0.3) is 0 Å². The zero-order chi connectivity index (χ0) is 17.3. The molecule has 1 N–H and O–H groups in total. The average molecular weight is 328 g/mol. The average Bonchev–Trinajstić information content (AvgIpc) is 2.43. The number of carbonyl (C=O) groups is 1. The Balaban J connectivity index is 2.25. The Hall–Kier alpha value is -1.98. The summed E-state index contributed by atoms with van der Waals surface area (Å²) >= 11 is 0. The summed E-state index contributed by atoms with van der Waals surface area (Å²) in [5, 5.41) is 9.73. The van der Waals surface area contributed by atoms with Crippen LogP contribution in [0.5, 0.6) is 0 Å². The molecule has 1 aromatic carbocycles. The highest BCUT2D eigenvalue weighted by atomic mass is 19.4. The Morgan fingerprint density at radius 3 is 2.52 bits per heavy atom. The lowest BCUT2D eigenvalue weighted by Crippen LogP contribution is -2.43. The number of halogens is 3. The van der Waals surface area contributed by atoms with E-state index in [1.165, 1.54) is 12.1 Å². The van der Waals surface area contributed by atoms with Crippen molar-refractivity contribution in [2.75, 3.05) is 0 Å². The van der Waals surface area contributed by atoms with E-state index in [1.54, 1.807) is 6.07 Å². The number of carbonyl (C=O) groups excluding carboxylic acids is 1. The standard InChI is InChI=1S/C17H19F3O3/c1-11(2)16(10-13(21)9-15(22)23-16)8-7-12-5-3-4-6-14(12)17(18,19)20/h3-6,9,11,21H,7-8,10H2,1-2H3. The van der Waals surface area contributed by atoms with Gasteiger partial charge in [0.1, 0.15) is 11.4 Å². The van der Waals surface area contributed by atoms with Crippen molar-refractivity contribution in [1.29, 1.82) is 0 Å². The highest BCUT2D eigenvalue weighted by Gasteiger charge is 2.42. The summed E-state index contributed by atoms with van der Waals surface area (Å²) in [6.07, 6.45) is -2.99. The van der Waals surface area contributed by atoms with Gasteiger partial charge in [0.15, 0.2) is 0 Å². The van der Waals surface area contributed by atoms with E-state index in [0.29, 0.717) is 0 Å². The lowest BCUT2D eigenvalue weighted by molar-refractivity contribution is -0.164. The molecule has 1 unspecified atom stereocenters. The van der Waals surface area contributed by atoms with E-state index in [9.17, 15) is 23.1 Å². The fourth-order valence-electron chi connectivity index (χ4n) is 2.87.